The summed E-state index contributed by atoms with van der Waals surface area (Å²) in [5.41, 5.74) is 0. The standard InChI is InChI=1S/C5H10Br2O/c1-2-4(7)5(8)3-6/h4-5,8H,2-3H2,1H3. The predicted octanol–water partition coefficient (Wildman–Crippen LogP) is 1.92. The van der Waals surface area contributed by atoms with E-state index in [1.54, 1.807) is 0 Å². The number of aliphatic hydroxyl groups is 1. The molecule has 0 fully saturated rings. The minimum Gasteiger partial charge on any atom is -0.391 e. The highest BCUT2D eigenvalue weighted by Crippen LogP contribution is 2.10. The van der Waals surface area contributed by atoms with Crippen LogP contribution >= 0.6 is 31.9 Å². The molecule has 0 aromatic rings. The van der Waals surface area contributed by atoms with E-state index in [4.69, 9.17) is 5.11 Å². The van der Waals surface area contributed by atoms with Gasteiger partial charge < -0.3 is 5.11 Å². The molecule has 8 heavy (non-hydrogen) atoms. The van der Waals surface area contributed by atoms with E-state index >= 15 is 0 Å². The van der Waals surface area contributed by atoms with Gasteiger partial charge in [-0.15, -0.1) is 0 Å². The topological polar surface area (TPSA) is 20.2 Å². The molecule has 0 rings (SSSR count). The smallest absolute Gasteiger partial charge is 0.0761 e. The lowest BCUT2D eigenvalue weighted by Crippen LogP contribution is -2.20. The zero-order valence-electron chi connectivity index (χ0n) is 4.77. The third-order valence-electron chi connectivity index (χ3n) is 0.966. The Balaban J connectivity index is 3.29. The Labute approximate surface area is 66.7 Å². The second kappa shape index (κ2) is 4.77. The number of halogens is 2. The van der Waals surface area contributed by atoms with Crippen molar-refractivity contribution in [1.29, 1.82) is 0 Å². The van der Waals surface area contributed by atoms with Crippen LogP contribution in [0.25, 0.3) is 0 Å². The van der Waals surface area contributed by atoms with Gasteiger partial charge in [-0.3, -0.25) is 0 Å². The van der Waals surface area contributed by atoms with Crippen molar-refractivity contribution in [3.05, 3.63) is 0 Å². The Hall–Kier alpha value is 0.920. The molecule has 0 saturated heterocycles. The van der Waals surface area contributed by atoms with E-state index in [-0.39, 0.29) is 10.9 Å². The van der Waals surface area contributed by atoms with E-state index in [9.17, 15) is 0 Å². The molecule has 0 amide bonds. The van der Waals surface area contributed by atoms with Gasteiger partial charge in [0.25, 0.3) is 0 Å². The van der Waals surface area contributed by atoms with E-state index in [1.807, 2.05) is 6.92 Å². The highest BCUT2D eigenvalue weighted by Gasteiger charge is 2.10. The van der Waals surface area contributed by atoms with E-state index < -0.39 is 0 Å². The Morgan fingerprint density at radius 2 is 2.12 bits per heavy atom. The fraction of sp³-hybridized carbons (Fsp3) is 1.00. The Morgan fingerprint density at radius 3 is 2.25 bits per heavy atom. The lowest BCUT2D eigenvalue weighted by atomic mass is 10.2. The Kier molecular flexibility index (Phi) is 5.31. The largest absolute Gasteiger partial charge is 0.391 e. The molecule has 0 aliphatic heterocycles. The highest BCUT2D eigenvalue weighted by atomic mass is 79.9. The van der Waals surface area contributed by atoms with Gasteiger partial charge in [0.15, 0.2) is 0 Å². The molecular weight excluding hydrogens is 236 g/mol. The third kappa shape index (κ3) is 3.05. The number of hydrogen-bond donors (Lipinski definition) is 1. The molecule has 50 valence electrons. The van der Waals surface area contributed by atoms with Gasteiger partial charge in [-0.05, 0) is 6.42 Å². The molecule has 2 atom stereocenters. The summed E-state index contributed by atoms with van der Waals surface area (Å²) in [6, 6.07) is 0. The van der Waals surface area contributed by atoms with Crippen LogP contribution in [0.2, 0.25) is 0 Å². The molecule has 0 aliphatic rings. The van der Waals surface area contributed by atoms with Crippen LogP contribution in [0, 0.1) is 0 Å². The molecule has 0 aromatic heterocycles. The van der Waals surface area contributed by atoms with Crippen LogP contribution < -0.4 is 0 Å². The van der Waals surface area contributed by atoms with Crippen molar-refractivity contribution in [2.75, 3.05) is 5.33 Å². The maximum atomic E-state index is 9.03. The van der Waals surface area contributed by atoms with Gasteiger partial charge in [0.2, 0.25) is 0 Å². The molecule has 0 bridgehead atoms. The first-order chi connectivity index (χ1) is 3.72. The number of rotatable bonds is 3. The van der Waals surface area contributed by atoms with Gasteiger partial charge in [0.1, 0.15) is 0 Å². The summed E-state index contributed by atoms with van der Waals surface area (Å²) in [4.78, 5) is 0.238. The Morgan fingerprint density at radius 1 is 1.62 bits per heavy atom. The van der Waals surface area contributed by atoms with Crippen LogP contribution in [-0.2, 0) is 0 Å². The van der Waals surface area contributed by atoms with Crippen LogP contribution in [0.1, 0.15) is 13.3 Å². The molecule has 0 aromatic carbocycles. The van der Waals surface area contributed by atoms with Crippen molar-refractivity contribution in [2.24, 2.45) is 0 Å². The molecule has 1 N–H and O–H groups in total. The lowest BCUT2D eigenvalue weighted by Gasteiger charge is -2.10. The van der Waals surface area contributed by atoms with Gasteiger partial charge in [0.05, 0.1) is 6.10 Å². The van der Waals surface area contributed by atoms with Gasteiger partial charge in [0, 0.05) is 10.2 Å². The van der Waals surface area contributed by atoms with Crippen molar-refractivity contribution < 1.29 is 5.11 Å². The van der Waals surface area contributed by atoms with Crippen molar-refractivity contribution in [3.8, 4) is 0 Å². The van der Waals surface area contributed by atoms with Gasteiger partial charge in [-0.2, -0.15) is 0 Å². The van der Waals surface area contributed by atoms with Crippen molar-refractivity contribution in [1.82, 2.24) is 0 Å². The zero-order chi connectivity index (χ0) is 6.57. The molecule has 3 heteroatoms. The molecule has 2 unspecified atom stereocenters. The minimum absolute atomic E-state index is 0.238. The molecular formula is C5H10Br2O. The summed E-state index contributed by atoms with van der Waals surface area (Å²) >= 11 is 6.50. The van der Waals surface area contributed by atoms with Crippen LogP contribution in [0.3, 0.4) is 0 Å². The summed E-state index contributed by atoms with van der Waals surface area (Å²) in [6.07, 6.45) is 0.715. The summed E-state index contributed by atoms with van der Waals surface area (Å²) in [5.74, 6) is 0. The highest BCUT2D eigenvalue weighted by molar-refractivity contribution is 9.10. The Bertz CT molecular complexity index is 50.4. The molecule has 0 heterocycles. The molecule has 0 radical (unpaired) electrons. The van der Waals surface area contributed by atoms with E-state index in [2.05, 4.69) is 31.9 Å². The molecule has 0 aliphatic carbocycles. The minimum atomic E-state index is -0.250. The average molecular weight is 246 g/mol. The summed E-state index contributed by atoms with van der Waals surface area (Å²) < 4.78 is 0. The van der Waals surface area contributed by atoms with Gasteiger partial charge in [-0.25, -0.2) is 0 Å². The van der Waals surface area contributed by atoms with Crippen LogP contribution in [0.5, 0.6) is 0 Å². The van der Waals surface area contributed by atoms with Crippen molar-refractivity contribution in [2.45, 2.75) is 24.3 Å². The third-order valence-corrected chi connectivity index (χ3v) is 2.89. The zero-order valence-corrected chi connectivity index (χ0v) is 7.94. The predicted molar refractivity (Wildman–Crippen MR) is 42.8 cm³/mol. The fourth-order valence-corrected chi connectivity index (χ4v) is 1.51. The second-order valence-electron chi connectivity index (χ2n) is 1.65. The molecule has 0 spiro atoms. The van der Waals surface area contributed by atoms with Crippen molar-refractivity contribution in [3.63, 3.8) is 0 Å². The first-order valence-electron chi connectivity index (χ1n) is 2.60. The van der Waals surface area contributed by atoms with Crippen LogP contribution in [0.4, 0.5) is 0 Å². The quantitative estimate of drug-likeness (QED) is 0.754. The SMILES string of the molecule is CCC(Br)C(O)CBr. The first kappa shape index (κ1) is 8.92. The van der Waals surface area contributed by atoms with E-state index in [1.165, 1.54) is 0 Å². The monoisotopic (exact) mass is 244 g/mol. The maximum absolute atomic E-state index is 9.03. The summed E-state index contributed by atoms with van der Waals surface area (Å²) in [7, 11) is 0. The average Bonchev–Trinajstić information content (AvgIpc) is 1.84. The normalized spacial score (nSPS) is 18.0. The first-order valence-corrected chi connectivity index (χ1v) is 4.64. The fourth-order valence-electron chi connectivity index (χ4n) is 0.369. The van der Waals surface area contributed by atoms with E-state index in [0.717, 1.165) is 6.42 Å². The summed E-state index contributed by atoms with van der Waals surface area (Å²) in [6.45, 7) is 2.03. The van der Waals surface area contributed by atoms with Crippen LogP contribution in [-0.4, -0.2) is 21.4 Å². The maximum Gasteiger partial charge on any atom is 0.0761 e. The lowest BCUT2D eigenvalue weighted by molar-refractivity contribution is 0.197. The number of alkyl halides is 2. The van der Waals surface area contributed by atoms with E-state index in [0.29, 0.717) is 5.33 Å². The summed E-state index contributed by atoms with van der Waals surface area (Å²) in [5, 5.41) is 9.68. The van der Waals surface area contributed by atoms with Crippen molar-refractivity contribution >= 4 is 31.9 Å². The molecule has 1 nitrogen and oxygen atoms in total. The number of aliphatic hydroxyl groups excluding tert-OH is 1. The van der Waals surface area contributed by atoms with Crippen LogP contribution in [0.15, 0.2) is 0 Å². The van der Waals surface area contributed by atoms with Gasteiger partial charge in [-0.1, -0.05) is 38.8 Å². The number of hydrogen-bond acceptors (Lipinski definition) is 1. The molecule has 0 saturated carbocycles. The second-order valence-corrected chi connectivity index (χ2v) is 3.47. The van der Waals surface area contributed by atoms with Gasteiger partial charge >= 0.3 is 0 Å².